The van der Waals surface area contributed by atoms with Crippen molar-refractivity contribution >= 4 is 21.7 Å². The summed E-state index contributed by atoms with van der Waals surface area (Å²) >= 11 is 3.41. The van der Waals surface area contributed by atoms with Gasteiger partial charge in [0.1, 0.15) is 0 Å². The number of carbonyl (C=O) groups excluding carboxylic acids is 1. The summed E-state index contributed by atoms with van der Waals surface area (Å²) in [6.45, 7) is 0.506. The number of hydrogen-bond acceptors (Lipinski definition) is 1. The molecule has 2 rings (SSSR count). The van der Waals surface area contributed by atoms with Crippen molar-refractivity contribution in [2.75, 3.05) is 0 Å². The van der Waals surface area contributed by atoms with Gasteiger partial charge in [-0.2, -0.15) is 4.57 Å². The highest BCUT2D eigenvalue weighted by Crippen LogP contribution is 2.29. The smallest absolute Gasteiger partial charge is 0.248 e. The third-order valence-electron chi connectivity index (χ3n) is 2.24. The second-order valence-corrected chi connectivity index (χ2v) is 4.20. The third-order valence-corrected chi connectivity index (χ3v) is 2.96. The van der Waals surface area contributed by atoms with Gasteiger partial charge in [-0.05, 0) is 18.9 Å². The highest BCUT2D eigenvalue weighted by atomic mass is 79.9. The molecule has 1 saturated carbocycles. The average Bonchev–Trinajstić information content (AvgIpc) is 2.91. The number of carbonyl (C=O) groups is 1. The lowest BCUT2D eigenvalue weighted by molar-refractivity contribution is -0.695. The van der Waals surface area contributed by atoms with E-state index >= 15 is 0 Å². The summed E-state index contributed by atoms with van der Waals surface area (Å²) in [7, 11) is 0. The summed E-state index contributed by atoms with van der Waals surface area (Å²) in [5.74, 6) is 0.705. The van der Waals surface area contributed by atoms with Crippen LogP contribution in [0.5, 0.6) is 0 Å². The molecular weight excluding hydrogens is 310 g/mol. The molecule has 2 nitrogen and oxygen atoms in total. The van der Waals surface area contributed by atoms with Gasteiger partial charge in [0.2, 0.25) is 16.9 Å². The first-order valence-electron chi connectivity index (χ1n) is 4.44. The predicted molar refractivity (Wildman–Crippen MR) is 52.1 cm³/mol. The van der Waals surface area contributed by atoms with Crippen LogP contribution in [0.3, 0.4) is 0 Å². The van der Waals surface area contributed by atoms with Crippen molar-refractivity contribution in [3.05, 3.63) is 29.0 Å². The van der Waals surface area contributed by atoms with Crippen molar-refractivity contribution in [3.8, 4) is 0 Å². The highest BCUT2D eigenvalue weighted by Gasteiger charge is 2.32. The van der Waals surface area contributed by atoms with Gasteiger partial charge in [0.15, 0.2) is 6.20 Å². The molecule has 0 aromatic carbocycles. The van der Waals surface area contributed by atoms with Crippen LogP contribution in [0.1, 0.15) is 12.8 Å². The fourth-order valence-corrected chi connectivity index (χ4v) is 1.68. The van der Waals surface area contributed by atoms with E-state index in [4.69, 9.17) is 0 Å². The molecule has 1 aromatic rings. The maximum absolute atomic E-state index is 11.5. The van der Waals surface area contributed by atoms with Crippen LogP contribution >= 0.6 is 15.9 Å². The summed E-state index contributed by atoms with van der Waals surface area (Å²) in [6, 6.07) is 5.83. The summed E-state index contributed by atoms with van der Waals surface area (Å²) in [5, 5.41) is 0. The summed E-state index contributed by atoms with van der Waals surface area (Å²) in [5.41, 5.74) is 0. The van der Waals surface area contributed by atoms with Gasteiger partial charge in [-0.15, -0.1) is 0 Å². The van der Waals surface area contributed by atoms with Crippen molar-refractivity contribution in [1.29, 1.82) is 0 Å². The normalized spacial score (nSPS) is 14.6. The SMILES string of the molecule is O=C(C[n+]1ccccc1Br)C1CC1.[Br-]. The average molecular weight is 321 g/mol. The van der Waals surface area contributed by atoms with Crippen LogP contribution in [-0.2, 0) is 11.3 Å². The van der Waals surface area contributed by atoms with Crippen LogP contribution in [0.4, 0.5) is 0 Å². The lowest BCUT2D eigenvalue weighted by atomic mass is 10.2. The van der Waals surface area contributed by atoms with Crippen LogP contribution in [0.15, 0.2) is 29.0 Å². The molecule has 1 heterocycles. The lowest BCUT2D eigenvalue weighted by Gasteiger charge is -1.96. The Bertz CT molecular complexity index is 337. The van der Waals surface area contributed by atoms with E-state index in [-0.39, 0.29) is 17.0 Å². The van der Waals surface area contributed by atoms with E-state index in [0.29, 0.717) is 18.2 Å². The Kier molecular flexibility index (Phi) is 4.26. The van der Waals surface area contributed by atoms with Gasteiger partial charge in [0.05, 0.1) is 0 Å². The van der Waals surface area contributed by atoms with Crippen molar-refractivity contribution in [3.63, 3.8) is 0 Å². The first kappa shape index (κ1) is 11.9. The Morgan fingerprint density at radius 3 is 2.79 bits per heavy atom. The molecule has 14 heavy (non-hydrogen) atoms. The van der Waals surface area contributed by atoms with Crippen molar-refractivity contribution in [1.82, 2.24) is 0 Å². The number of pyridine rings is 1. The maximum atomic E-state index is 11.5. The van der Waals surface area contributed by atoms with Crippen molar-refractivity contribution in [2.45, 2.75) is 19.4 Å². The van der Waals surface area contributed by atoms with Gasteiger partial charge >= 0.3 is 0 Å². The molecule has 0 unspecified atom stereocenters. The van der Waals surface area contributed by atoms with Gasteiger partial charge < -0.3 is 17.0 Å². The quantitative estimate of drug-likeness (QED) is 0.502. The first-order chi connectivity index (χ1) is 6.27. The van der Waals surface area contributed by atoms with Crippen LogP contribution < -0.4 is 21.5 Å². The first-order valence-corrected chi connectivity index (χ1v) is 5.23. The second-order valence-electron chi connectivity index (χ2n) is 3.39. The number of nitrogens with zero attached hydrogens (tertiary/aromatic N) is 1. The second kappa shape index (κ2) is 5.03. The van der Waals surface area contributed by atoms with Gasteiger partial charge in [0.25, 0.3) is 0 Å². The van der Waals surface area contributed by atoms with E-state index in [0.717, 1.165) is 17.4 Å². The zero-order chi connectivity index (χ0) is 9.26. The monoisotopic (exact) mass is 319 g/mol. The van der Waals surface area contributed by atoms with E-state index < -0.39 is 0 Å². The molecule has 0 N–H and O–H groups in total. The Labute approximate surface area is 102 Å². The number of ketones is 1. The molecular formula is C10H11Br2NO. The Morgan fingerprint density at radius 2 is 2.21 bits per heavy atom. The number of aromatic nitrogens is 1. The molecule has 0 saturated heterocycles. The molecule has 4 heteroatoms. The Balaban J connectivity index is 0.000000980. The molecule has 1 fully saturated rings. The Hall–Kier alpha value is -0.220. The van der Waals surface area contributed by atoms with Gasteiger partial charge in [-0.25, -0.2) is 0 Å². The predicted octanol–water partition coefficient (Wildman–Crippen LogP) is -1.28. The number of rotatable bonds is 3. The van der Waals surface area contributed by atoms with Crippen LogP contribution in [0.2, 0.25) is 0 Å². The zero-order valence-electron chi connectivity index (χ0n) is 7.62. The van der Waals surface area contributed by atoms with Gasteiger partial charge in [0, 0.05) is 34.0 Å². The van der Waals surface area contributed by atoms with E-state index in [1.54, 1.807) is 0 Å². The minimum absolute atomic E-state index is 0. The third kappa shape index (κ3) is 2.89. The molecule has 1 aromatic heterocycles. The Morgan fingerprint density at radius 1 is 1.50 bits per heavy atom. The number of Topliss-reactive ketones (excluding diaryl/α,β-unsaturated/α-hetero) is 1. The van der Waals surface area contributed by atoms with E-state index in [1.165, 1.54) is 0 Å². The molecule has 0 radical (unpaired) electrons. The van der Waals surface area contributed by atoms with Crippen molar-refractivity contribution < 1.29 is 26.3 Å². The molecule has 0 aliphatic heterocycles. The van der Waals surface area contributed by atoms with Crippen LogP contribution in [0, 0.1) is 5.92 Å². The zero-order valence-corrected chi connectivity index (χ0v) is 10.8. The fraction of sp³-hybridized carbons (Fsp3) is 0.400. The summed E-state index contributed by atoms with van der Waals surface area (Å²) in [6.07, 6.45) is 4.10. The number of halogens is 2. The molecule has 0 spiro atoms. The molecule has 0 atom stereocenters. The molecule has 1 aliphatic carbocycles. The minimum atomic E-state index is 0. The largest absolute Gasteiger partial charge is 1.00 e. The van der Waals surface area contributed by atoms with Gasteiger partial charge in [-0.1, -0.05) is 0 Å². The van der Waals surface area contributed by atoms with Gasteiger partial charge in [-0.3, -0.25) is 4.79 Å². The number of hydrogen-bond donors (Lipinski definition) is 0. The van der Waals surface area contributed by atoms with Crippen LogP contribution in [0.25, 0.3) is 0 Å². The maximum Gasteiger partial charge on any atom is 0.248 e. The van der Waals surface area contributed by atoms with E-state index in [2.05, 4.69) is 15.9 Å². The lowest BCUT2D eigenvalue weighted by Crippen LogP contribution is -3.00. The standard InChI is InChI=1S/C10H11BrNO.BrH/c11-10-3-1-2-6-12(10)7-9(13)8-4-5-8;/h1-3,6,8H,4-5,7H2;1H/q+1;/p-1. The van der Waals surface area contributed by atoms with E-state index in [9.17, 15) is 4.79 Å². The summed E-state index contributed by atoms with van der Waals surface area (Å²) in [4.78, 5) is 11.5. The molecule has 76 valence electrons. The molecule has 0 amide bonds. The van der Waals surface area contributed by atoms with E-state index in [1.807, 2.05) is 29.0 Å². The fourth-order valence-electron chi connectivity index (χ4n) is 1.29. The minimum Gasteiger partial charge on any atom is -1.00 e. The molecule has 1 aliphatic rings. The van der Waals surface area contributed by atoms with Crippen molar-refractivity contribution in [2.24, 2.45) is 5.92 Å². The highest BCUT2D eigenvalue weighted by molar-refractivity contribution is 9.10. The topological polar surface area (TPSA) is 20.9 Å². The molecule has 0 bridgehead atoms. The summed E-state index contributed by atoms with van der Waals surface area (Å²) < 4.78 is 2.89. The van der Waals surface area contributed by atoms with Crippen LogP contribution in [-0.4, -0.2) is 5.78 Å².